The zero-order chi connectivity index (χ0) is 8.81. The van der Waals surface area contributed by atoms with E-state index in [2.05, 4.69) is 11.8 Å². The average molecular weight is 172 g/mol. The van der Waals surface area contributed by atoms with E-state index in [-0.39, 0.29) is 0 Å². The molecule has 1 aliphatic heterocycles. The van der Waals surface area contributed by atoms with Crippen LogP contribution in [0.1, 0.15) is 19.8 Å². The van der Waals surface area contributed by atoms with Crippen LogP contribution in [0, 0.1) is 0 Å². The predicted molar refractivity (Wildman–Crippen MR) is 50.1 cm³/mol. The van der Waals surface area contributed by atoms with Crippen LogP contribution < -0.4 is 5.73 Å². The number of ether oxygens (including phenoxy) is 1. The molecule has 1 rings (SSSR count). The fraction of sp³-hybridized carbons (Fsp3) is 1.00. The molecule has 0 bridgehead atoms. The Balaban J connectivity index is 2.05. The molecule has 2 N–H and O–H groups in total. The minimum atomic E-state index is 0.382. The first kappa shape index (κ1) is 9.96. The van der Waals surface area contributed by atoms with Gasteiger partial charge in [-0.2, -0.15) is 0 Å². The summed E-state index contributed by atoms with van der Waals surface area (Å²) in [5.41, 5.74) is 5.83. The molecule has 0 amide bonds. The fourth-order valence-corrected chi connectivity index (χ4v) is 1.38. The Bertz CT molecular complexity index is 113. The molecule has 3 nitrogen and oxygen atoms in total. The smallest absolute Gasteiger partial charge is 0.0594 e. The van der Waals surface area contributed by atoms with E-state index in [9.17, 15) is 0 Å². The summed E-state index contributed by atoms with van der Waals surface area (Å²) in [5.74, 6) is 0. The number of morpholine rings is 1. The SMILES string of the molecule is CCC(N)CCN1CCOCC1. The first-order valence-electron chi connectivity index (χ1n) is 4.88. The minimum absolute atomic E-state index is 0.382. The summed E-state index contributed by atoms with van der Waals surface area (Å²) in [6, 6.07) is 0.382. The molecule has 0 saturated carbocycles. The van der Waals surface area contributed by atoms with E-state index in [0.717, 1.165) is 45.7 Å². The standard InChI is InChI=1S/C9H20N2O/c1-2-9(10)3-4-11-5-7-12-8-6-11/h9H,2-8,10H2,1H3. The summed E-state index contributed by atoms with van der Waals surface area (Å²) in [4.78, 5) is 2.43. The zero-order valence-electron chi connectivity index (χ0n) is 7.96. The summed E-state index contributed by atoms with van der Waals surface area (Å²) < 4.78 is 5.26. The van der Waals surface area contributed by atoms with Crippen LogP contribution in [0.5, 0.6) is 0 Å². The van der Waals surface area contributed by atoms with Crippen molar-refractivity contribution in [1.82, 2.24) is 4.90 Å². The molecule has 0 aliphatic carbocycles. The highest BCUT2D eigenvalue weighted by molar-refractivity contribution is 4.66. The molecule has 0 aromatic rings. The Morgan fingerprint density at radius 2 is 2.08 bits per heavy atom. The lowest BCUT2D eigenvalue weighted by Crippen LogP contribution is -2.38. The largest absolute Gasteiger partial charge is 0.379 e. The van der Waals surface area contributed by atoms with Gasteiger partial charge in [0.1, 0.15) is 0 Å². The number of hydrogen-bond acceptors (Lipinski definition) is 3. The van der Waals surface area contributed by atoms with E-state index in [1.807, 2.05) is 0 Å². The fourth-order valence-electron chi connectivity index (χ4n) is 1.38. The topological polar surface area (TPSA) is 38.5 Å². The van der Waals surface area contributed by atoms with Crippen molar-refractivity contribution < 1.29 is 4.74 Å². The van der Waals surface area contributed by atoms with Crippen molar-refractivity contribution in [3.8, 4) is 0 Å². The van der Waals surface area contributed by atoms with E-state index in [1.54, 1.807) is 0 Å². The summed E-state index contributed by atoms with van der Waals surface area (Å²) in [5, 5.41) is 0. The van der Waals surface area contributed by atoms with Gasteiger partial charge in [0.05, 0.1) is 13.2 Å². The monoisotopic (exact) mass is 172 g/mol. The molecule has 1 aliphatic rings. The summed E-state index contributed by atoms with van der Waals surface area (Å²) >= 11 is 0. The van der Waals surface area contributed by atoms with Crippen molar-refractivity contribution in [2.75, 3.05) is 32.8 Å². The molecule has 72 valence electrons. The lowest BCUT2D eigenvalue weighted by atomic mass is 10.1. The van der Waals surface area contributed by atoms with Gasteiger partial charge in [-0.1, -0.05) is 6.92 Å². The maximum atomic E-state index is 5.83. The Kier molecular flexibility index (Phi) is 4.58. The maximum absolute atomic E-state index is 5.83. The van der Waals surface area contributed by atoms with Crippen molar-refractivity contribution in [2.45, 2.75) is 25.8 Å². The Morgan fingerprint density at radius 1 is 1.42 bits per heavy atom. The molecular formula is C9H20N2O. The second kappa shape index (κ2) is 5.51. The molecule has 1 saturated heterocycles. The highest BCUT2D eigenvalue weighted by Crippen LogP contribution is 2.00. The van der Waals surface area contributed by atoms with Crippen molar-refractivity contribution in [1.29, 1.82) is 0 Å². The molecule has 0 aromatic carbocycles. The molecule has 0 aromatic heterocycles. The van der Waals surface area contributed by atoms with Crippen LogP contribution in [0.15, 0.2) is 0 Å². The lowest BCUT2D eigenvalue weighted by molar-refractivity contribution is 0.0366. The average Bonchev–Trinajstić information content (AvgIpc) is 2.16. The van der Waals surface area contributed by atoms with E-state index in [1.165, 1.54) is 0 Å². The van der Waals surface area contributed by atoms with Crippen LogP contribution in [-0.2, 0) is 4.74 Å². The van der Waals surface area contributed by atoms with Gasteiger partial charge in [0.2, 0.25) is 0 Å². The number of hydrogen-bond donors (Lipinski definition) is 1. The van der Waals surface area contributed by atoms with Crippen LogP contribution in [0.25, 0.3) is 0 Å². The molecule has 1 heterocycles. The Morgan fingerprint density at radius 3 is 2.67 bits per heavy atom. The van der Waals surface area contributed by atoms with E-state index < -0.39 is 0 Å². The molecule has 0 radical (unpaired) electrons. The molecule has 0 spiro atoms. The van der Waals surface area contributed by atoms with Gasteiger partial charge in [-0.25, -0.2) is 0 Å². The normalized spacial score (nSPS) is 22.5. The van der Waals surface area contributed by atoms with Gasteiger partial charge in [-0.05, 0) is 19.4 Å². The van der Waals surface area contributed by atoms with Gasteiger partial charge in [-0.15, -0.1) is 0 Å². The Labute approximate surface area is 74.9 Å². The lowest BCUT2D eigenvalue weighted by Gasteiger charge is -2.27. The second-order valence-corrected chi connectivity index (χ2v) is 3.41. The van der Waals surface area contributed by atoms with Gasteiger partial charge >= 0.3 is 0 Å². The van der Waals surface area contributed by atoms with E-state index in [4.69, 9.17) is 10.5 Å². The van der Waals surface area contributed by atoms with Crippen molar-refractivity contribution in [3.63, 3.8) is 0 Å². The highest BCUT2D eigenvalue weighted by Gasteiger charge is 2.10. The van der Waals surface area contributed by atoms with Gasteiger partial charge in [-0.3, -0.25) is 4.90 Å². The second-order valence-electron chi connectivity index (χ2n) is 3.41. The minimum Gasteiger partial charge on any atom is -0.379 e. The van der Waals surface area contributed by atoms with Gasteiger partial charge in [0.15, 0.2) is 0 Å². The molecule has 3 heteroatoms. The summed E-state index contributed by atoms with van der Waals surface area (Å²) in [7, 11) is 0. The van der Waals surface area contributed by atoms with Crippen LogP contribution in [0.2, 0.25) is 0 Å². The maximum Gasteiger partial charge on any atom is 0.0594 e. The summed E-state index contributed by atoms with van der Waals surface area (Å²) in [6.45, 7) is 7.22. The third kappa shape index (κ3) is 3.52. The highest BCUT2D eigenvalue weighted by atomic mass is 16.5. The molecule has 12 heavy (non-hydrogen) atoms. The van der Waals surface area contributed by atoms with Gasteiger partial charge < -0.3 is 10.5 Å². The number of nitrogens with zero attached hydrogens (tertiary/aromatic N) is 1. The van der Waals surface area contributed by atoms with E-state index in [0.29, 0.717) is 6.04 Å². The van der Waals surface area contributed by atoms with Crippen molar-refractivity contribution in [2.24, 2.45) is 5.73 Å². The molecule has 1 unspecified atom stereocenters. The zero-order valence-corrected chi connectivity index (χ0v) is 7.96. The third-order valence-electron chi connectivity index (χ3n) is 2.44. The van der Waals surface area contributed by atoms with Crippen molar-refractivity contribution >= 4 is 0 Å². The number of rotatable bonds is 4. The van der Waals surface area contributed by atoms with Crippen LogP contribution in [-0.4, -0.2) is 43.8 Å². The van der Waals surface area contributed by atoms with Gasteiger partial charge in [0.25, 0.3) is 0 Å². The third-order valence-corrected chi connectivity index (χ3v) is 2.44. The van der Waals surface area contributed by atoms with Crippen LogP contribution in [0.4, 0.5) is 0 Å². The van der Waals surface area contributed by atoms with Crippen LogP contribution in [0.3, 0.4) is 0 Å². The summed E-state index contributed by atoms with van der Waals surface area (Å²) in [6.07, 6.45) is 2.21. The first-order chi connectivity index (χ1) is 5.83. The number of nitrogens with two attached hydrogens (primary N) is 1. The van der Waals surface area contributed by atoms with Crippen LogP contribution >= 0.6 is 0 Å². The first-order valence-corrected chi connectivity index (χ1v) is 4.88. The Hall–Kier alpha value is -0.120. The van der Waals surface area contributed by atoms with Crippen molar-refractivity contribution in [3.05, 3.63) is 0 Å². The van der Waals surface area contributed by atoms with E-state index >= 15 is 0 Å². The quantitative estimate of drug-likeness (QED) is 0.669. The molecular weight excluding hydrogens is 152 g/mol. The predicted octanol–water partition coefficient (Wildman–Crippen LogP) is 0.446. The molecule has 1 fully saturated rings. The molecule has 1 atom stereocenters. The van der Waals surface area contributed by atoms with Gasteiger partial charge in [0, 0.05) is 19.1 Å².